The molecule has 0 aliphatic carbocycles. The summed E-state index contributed by atoms with van der Waals surface area (Å²) in [6.45, 7) is 10.1. The number of para-hydroxylation sites is 1. The normalized spacial score (nSPS) is 20.1. The summed E-state index contributed by atoms with van der Waals surface area (Å²) in [6, 6.07) is 9.01. The summed E-state index contributed by atoms with van der Waals surface area (Å²) in [4.78, 5) is 25.3. The Labute approximate surface area is 166 Å². The van der Waals surface area contributed by atoms with Crippen molar-refractivity contribution in [1.29, 1.82) is 0 Å². The first-order valence-corrected chi connectivity index (χ1v) is 9.55. The number of halogens is 1. The van der Waals surface area contributed by atoms with Crippen LogP contribution < -0.4 is 10.1 Å². The average Bonchev–Trinajstić information content (AvgIpc) is 2.54. The van der Waals surface area contributed by atoms with Crippen molar-refractivity contribution in [2.45, 2.75) is 63.7 Å². The number of amides is 2. The van der Waals surface area contributed by atoms with Crippen molar-refractivity contribution in [3.63, 3.8) is 0 Å². The van der Waals surface area contributed by atoms with E-state index in [9.17, 15) is 9.59 Å². The van der Waals surface area contributed by atoms with Crippen LogP contribution in [0.3, 0.4) is 0 Å². The van der Waals surface area contributed by atoms with Gasteiger partial charge in [-0.25, -0.2) is 4.79 Å². The fourth-order valence-electron chi connectivity index (χ4n) is 3.01. The first-order valence-electron chi connectivity index (χ1n) is 9.17. The van der Waals surface area contributed by atoms with Crippen molar-refractivity contribution in [3.8, 4) is 5.75 Å². The molecule has 27 heavy (non-hydrogen) atoms. The van der Waals surface area contributed by atoms with E-state index in [0.717, 1.165) is 0 Å². The summed E-state index contributed by atoms with van der Waals surface area (Å²) >= 11 is 6.53. The van der Waals surface area contributed by atoms with Gasteiger partial charge in [-0.3, -0.25) is 4.79 Å². The number of carbonyl (C=O) groups excluding carboxylic acids is 2. The number of alkyl carbamates (subject to hydrolysis) is 1. The predicted molar refractivity (Wildman–Crippen MR) is 105 cm³/mol. The molecule has 2 rings (SSSR count). The van der Waals surface area contributed by atoms with Crippen LogP contribution in [-0.4, -0.2) is 52.6 Å². The standard InChI is InChI=1S/C20H29ClN2O4/c1-19(2,3)27-18(25)22-12-9-13-23-16(20(4,5)21)15(17(23)24)26-14-10-7-6-8-11-14/h6-8,10-11,15-16H,9,12-13H2,1-5H3,(H,22,25)/t15-,16-/m0/s1. The average molecular weight is 397 g/mol. The molecule has 1 heterocycles. The number of benzene rings is 1. The fraction of sp³-hybridized carbons (Fsp3) is 0.600. The van der Waals surface area contributed by atoms with Crippen LogP contribution in [0.2, 0.25) is 0 Å². The lowest BCUT2D eigenvalue weighted by molar-refractivity contribution is -0.165. The maximum Gasteiger partial charge on any atom is 0.407 e. The molecule has 1 saturated heterocycles. The molecular weight excluding hydrogens is 368 g/mol. The third kappa shape index (κ3) is 6.03. The molecular formula is C20H29ClN2O4. The highest BCUT2D eigenvalue weighted by Gasteiger charge is 2.55. The molecule has 0 saturated carbocycles. The van der Waals surface area contributed by atoms with Gasteiger partial charge in [0.2, 0.25) is 0 Å². The van der Waals surface area contributed by atoms with E-state index in [-0.39, 0.29) is 11.9 Å². The van der Waals surface area contributed by atoms with Crippen LogP contribution in [0, 0.1) is 0 Å². The second kappa shape index (κ2) is 8.38. The molecule has 150 valence electrons. The van der Waals surface area contributed by atoms with Crippen molar-refractivity contribution in [2.24, 2.45) is 0 Å². The van der Waals surface area contributed by atoms with Gasteiger partial charge in [-0.15, -0.1) is 11.6 Å². The highest BCUT2D eigenvalue weighted by Crippen LogP contribution is 2.36. The third-order valence-corrected chi connectivity index (χ3v) is 4.33. The molecule has 1 aromatic carbocycles. The Morgan fingerprint density at radius 1 is 1.19 bits per heavy atom. The third-order valence-electron chi connectivity index (χ3n) is 4.10. The molecule has 0 radical (unpaired) electrons. The topological polar surface area (TPSA) is 67.9 Å². The molecule has 2 amide bonds. The molecule has 1 aromatic rings. The number of nitrogens with one attached hydrogen (secondary N) is 1. The Balaban J connectivity index is 1.87. The highest BCUT2D eigenvalue weighted by molar-refractivity contribution is 6.24. The smallest absolute Gasteiger partial charge is 0.407 e. The zero-order chi connectivity index (χ0) is 20.2. The maximum atomic E-state index is 12.6. The van der Waals surface area contributed by atoms with Gasteiger partial charge < -0.3 is 19.7 Å². The second-order valence-corrected chi connectivity index (χ2v) is 9.15. The van der Waals surface area contributed by atoms with Gasteiger partial charge in [0, 0.05) is 13.1 Å². The molecule has 1 aliphatic heterocycles. The monoisotopic (exact) mass is 396 g/mol. The summed E-state index contributed by atoms with van der Waals surface area (Å²) in [7, 11) is 0. The summed E-state index contributed by atoms with van der Waals surface area (Å²) in [5.41, 5.74) is -0.534. The molecule has 1 N–H and O–H groups in total. The second-order valence-electron chi connectivity index (χ2n) is 8.17. The first-order chi connectivity index (χ1) is 12.5. The molecule has 1 fully saturated rings. The first kappa shape index (κ1) is 21.4. The van der Waals surface area contributed by atoms with Crippen molar-refractivity contribution in [1.82, 2.24) is 10.2 Å². The number of ether oxygens (including phenoxy) is 2. The van der Waals surface area contributed by atoms with Crippen LogP contribution in [0.1, 0.15) is 41.0 Å². The van der Waals surface area contributed by atoms with Gasteiger partial charge in [0.05, 0.1) is 10.9 Å². The molecule has 2 atom stereocenters. The van der Waals surface area contributed by atoms with Gasteiger partial charge in [0.25, 0.3) is 5.91 Å². The van der Waals surface area contributed by atoms with Crippen LogP contribution >= 0.6 is 11.6 Å². The summed E-state index contributed by atoms with van der Waals surface area (Å²) in [5, 5.41) is 2.70. The van der Waals surface area contributed by atoms with E-state index in [1.165, 1.54) is 0 Å². The predicted octanol–water partition coefficient (Wildman–Crippen LogP) is 3.58. The zero-order valence-electron chi connectivity index (χ0n) is 16.6. The van der Waals surface area contributed by atoms with Crippen LogP contribution in [0.5, 0.6) is 5.75 Å². The molecule has 0 spiro atoms. The van der Waals surface area contributed by atoms with Gasteiger partial charge in [-0.2, -0.15) is 0 Å². The van der Waals surface area contributed by atoms with E-state index in [1.54, 1.807) is 4.90 Å². The minimum atomic E-state index is -0.633. The lowest BCUT2D eigenvalue weighted by atomic mass is 9.87. The van der Waals surface area contributed by atoms with E-state index in [4.69, 9.17) is 21.1 Å². The van der Waals surface area contributed by atoms with Crippen molar-refractivity contribution in [3.05, 3.63) is 30.3 Å². The highest BCUT2D eigenvalue weighted by atomic mass is 35.5. The van der Waals surface area contributed by atoms with Crippen LogP contribution in [0.15, 0.2) is 30.3 Å². The van der Waals surface area contributed by atoms with Gasteiger partial charge in [0.1, 0.15) is 11.4 Å². The lowest BCUT2D eigenvalue weighted by Crippen LogP contribution is -2.72. The van der Waals surface area contributed by atoms with Crippen molar-refractivity contribution in [2.75, 3.05) is 13.1 Å². The number of hydrogen-bond acceptors (Lipinski definition) is 4. The minimum Gasteiger partial charge on any atom is -0.478 e. The Bertz CT molecular complexity index is 652. The molecule has 0 bridgehead atoms. The van der Waals surface area contributed by atoms with E-state index in [1.807, 2.05) is 65.0 Å². The SMILES string of the molecule is CC(C)(C)OC(=O)NCCCN1C(=O)[C@@H](Oc2ccccc2)[C@H]1C(C)(C)Cl. The van der Waals surface area contributed by atoms with Crippen LogP contribution in [0.25, 0.3) is 0 Å². The number of hydrogen-bond donors (Lipinski definition) is 1. The number of rotatable bonds is 7. The number of carbonyl (C=O) groups is 2. The van der Waals surface area contributed by atoms with Gasteiger partial charge in [-0.1, -0.05) is 18.2 Å². The zero-order valence-corrected chi connectivity index (χ0v) is 17.4. The van der Waals surface area contributed by atoms with Crippen molar-refractivity contribution < 1.29 is 19.1 Å². The summed E-state index contributed by atoms with van der Waals surface area (Å²) in [6.07, 6.45) is -0.456. The summed E-state index contributed by atoms with van der Waals surface area (Å²) < 4.78 is 11.1. The minimum absolute atomic E-state index is 0.0881. The Morgan fingerprint density at radius 2 is 1.81 bits per heavy atom. The van der Waals surface area contributed by atoms with Crippen molar-refractivity contribution >= 4 is 23.6 Å². The van der Waals surface area contributed by atoms with E-state index in [0.29, 0.717) is 25.3 Å². The Kier molecular flexibility index (Phi) is 6.63. The number of nitrogens with zero attached hydrogens (tertiary/aromatic N) is 1. The molecule has 6 nitrogen and oxygen atoms in total. The molecule has 0 aromatic heterocycles. The maximum absolute atomic E-state index is 12.6. The van der Waals surface area contributed by atoms with Gasteiger partial charge >= 0.3 is 6.09 Å². The molecule has 7 heteroatoms. The fourth-order valence-corrected chi connectivity index (χ4v) is 3.24. The largest absolute Gasteiger partial charge is 0.478 e. The quantitative estimate of drug-likeness (QED) is 0.434. The van der Waals surface area contributed by atoms with Gasteiger partial charge in [-0.05, 0) is 53.2 Å². The lowest BCUT2D eigenvalue weighted by Gasteiger charge is -2.51. The van der Waals surface area contributed by atoms with E-state index in [2.05, 4.69) is 5.32 Å². The van der Waals surface area contributed by atoms with E-state index >= 15 is 0 Å². The Hall–Kier alpha value is -1.95. The van der Waals surface area contributed by atoms with Crippen LogP contribution in [-0.2, 0) is 9.53 Å². The number of likely N-dealkylation sites (tertiary alicyclic amines) is 1. The number of β-lactam (4-membered cyclic amide) rings is 1. The number of alkyl halides is 1. The summed E-state index contributed by atoms with van der Waals surface area (Å²) in [5.74, 6) is 0.558. The Morgan fingerprint density at radius 3 is 2.37 bits per heavy atom. The van der Waals surface area contributed by atoms with E-state index < -0.39 is 22.7 Å². The molecule has 0 unspecified atom stereocenters. The molecule has 1 aliphatic rings. The van der Waals surface area contributed by atoms with Gasteiger partial charge in [0.15, 0.2) is 6.10 Å². The van der Waals surface area contributed by atoms with Crippen LogP contribution in [0.4, 0.5) is 4.79 Å².